The van der Waals surface area contributed by atoms with Crippen molar-refractivity contribution in [2.24, 2.45) is 5.10 Å². The lowest BCUT2D eigenvalue weighted by molar-refractivity contribution is 0.310. The second kappa shape index (κ2) is 9.69. The number of benzene rings is 2. The highest BCUT2D eigenvalue weighted by Crippen LogP contribution is 2.30. The van der Waals surface area contributed by atoms with E-state index in [1.165, 1.54) is 4.68 Å². The molecule has 0 aliphatic heterocycles. The highest BCUT2D eigenvalue weighted by molar-refractivity contribution is 9.10. The second-order valence-electron chi connectivity index (χ2n) is 6.47. The number of hydrogen-bond acceptors (Lipinski definition) is 5. The van der Waals surface area contributed by atoms with E-state index in [2.05, 4.69) is 28.0 Å². The maximum absolute atomic E-state index is 13.2. The lowest BCUT2D eigenvalue weighted by Crippen LogP contribution is -2.22. The first-order valence-electron chi connectivity index (χ1n) is 9.64. The molecule has 0 fully saturated rings. The van der Waals surface area contributed by atoms with Crippen LogP contribution in [0.1, 0.15) is 38.1 Å². The van der Waals surface area contributed by atoms with Gasteiger partial charge in [-0.2, -0.15) is 9.78 Å². The van der Waals surface area contributed by atoms with Crippen LogP contribution in [0.15, 0.2) is 50.8 Å². The molecule has 0 N–H and O–H groups in total. The normalized spacial score (nSPS) is 11.3. The molecular weight excluding hydrogens is 434 g/mol. The van der Waals surface area contributed by atoms with Crippen molar-refractivity contribution in [3.05, 3.63) is 62.6 Å². The van der Waals surface area contributed by atoms with Gasteiger partial charge in [0, 0.05) is 16.5 Å². The standard InChI is InChI=1S/C22H24BrN3O3/c1-4-6-10-20-25-18-12-11-16(23)13-17(18)22(27)26(20)24-14-15-8-7-9-19(28-3)21(15)29-5-2/h7-9,11-14H,4-6,10H2,1-3H3. The lowest BCUT2D eigenvalue weighted by Gasteiger charge is -2.12. The van der Waals surface area contributed by atoms with E-state index in [0.29, 0.717) is 41.3 Å². The summed E-state index contributed by atoms with van der Waals surface area (Å²) >= 11 is 3.43. The van der Waals surface area contributed by atoms with Crippen LogP contribution in [-0.4, -0.2) is 29.6 Å². The Morgan fingerprint density at radius 1 is 1.24 bits per heavy atom. The molecule has 0 radical (unpaired) electrons. The van der Waals surface area contributed by atoms with Crippen molar-refractivity contribution in [3.8, 4) is 11.5 Å². The lowest BCUT2D eigenvalue weighted by atomic mass is 10.2. The molecule has 2 aromatic carbocycles. The van der Waals surface area contributed by atoms with Gasteiger partial charge in [0.25, 0.3) is 5.56 Å². The van der Waals surface area contributed by atoms with E-state index in [1.54, 1.807) is 19.4 Å². The van der Waals surface area contributed by atoms with Crippen molar-refractivity contribution in [3.63, 3.8) is 0 Å². The highest BCUT2D eigenvalue weighted by Gasteiger charge is 2.12. The maximum atomic E-state index is 13.2. The zero-order chi connectivity index (χ0) is 20.8. The average Bonchev–Trinajstić information content (AvgIpc) is 2.73. The van der Waals surface area contributed by atoms with Gasteiger partial charge in [0.05, 0.1) is 30.8 Å². The number of unbranched alkanes of at least 4 members (excludes halogenated alkanes) is 1. The summed E-state index contributed by atoms with van der Waals surface area (Å²) in [6, 6.07) is 11.1. The first kappa shape index (κ1) is 21.0. The molecule has 0 aliphatic carbocycles. The average molecular weight is 458 g/mol. The molecule has 0 bridgehead atoms. The van der Waals surface area contributed by atoms with Gasteiger partial charge < -0.3 is 9.47 Å². The molecule has 0 spiro atoms. The van der Waals surface area contributed by atoms with Crippen LogP contribution in [-0.2, 0) is 6.42 Å². The van der Waals surface area contributed by atoms with Gasteiger partial charge in [-0.25, -0.2) is 4.98 Å². The molecule has 3 aromatic rings. The molecule has 0 atom stereocenters. The summed E-state index contributed by atoms with van der Waals surface area (Å²) in [5.74, 6) is 1.86. The monoisotopic (exact) mass is 457 g/mol. The SMILES string of the molecule is CCCCc1nc2ccc(Br)cc2c(=O)n1N=Cc1cccc(OC)c1OCC. The van der Waals surface area contributed by atoms with Crippen LogP contribution in [0.3, 0.4) is 0 Å². The van der Waals surface area contributed by atoms with Gasteiger partial charge in [-0.15, -0.1) is 0 Å². The van der Waals surface area contributed by atoms with Crippen LogP contribution < -0.4 is 15.0 Å². The quantitative estimate of drug-likeness (QED) is 0.456. The summed E-state index contributed by atoms with van der Waals surface area (Å²) in [5.41, 5.74) is 1.21. The molecule has 1 aromatic heterocycles. The second-order valence-corrected chi connectivity index (χ2v) is 7.38. The maximum Gasteiger partial charge on any atom is 0.282 e. The topological polar surface area (TPSA) is 65.7 Å². The van der Waals surface area contributed by atoms with Crippen LogP contribution in [0.5, 0.6) is 11.5 Å². The summed E-state index contributed by atoms with van der Waals surface area (Å²) in [6.45, 7) is 4.51. The van der Waals surface area contributed by atoms with Crippen LogP contribution in [0.2, 0.25) is 0 Å². The highest BCUT2D eigenvalue weighted by atomic mass is 79.9. The third kappa shape index (κ3) is 4.67. The summed E-state index contributed by atoms with van der Waals surface area (Å²) in [7, 11) is 1.59. The Kier molecular flexibility index (Phi) is 7.04. The van der Waals surface area contributed by atoms with Gasteiger partial charge >= 0.3 is 0 Å². The predicted molar refractivity (Wildman–Crippen MR) is 119 cm³/mol. The fraction of sp³-hybridized carbons (Fsp3) is 0.318. The zero-order valence-electron chi connectivity index (χ0n) is 16.8. The Bertz CT molecular complexity index is 1090. The molecule has 6 nitrogen and oxygen atoms in total. The number of ether oxygens (including phenoxy) is 2. The summed E-state index contributed by atoms with van der Waals surface area (Å²) in [4.78, 5) is 17.8. The fourth-order valence-electron chi connectivity index (χ4n) is 3.02. The smallest absolute Gasteiger partial charge is 0.282 e. The molecule has 0 unspecified atom stereocenters. The number of aromatic nitrogens is 2. The molecular formula is C22H24BrN3O3. The minimum atomic E-state index is -0.195. The van der Waals surface area contributed by atoms with Gasteiger partial charge in [-0.05, 0) is 43.7 Å². The summed E-state index contributed by atoms with van der Waals surface area (Å²) in [6.07, 6.45) is 4.22. The number of para-hydroxylation sites is 1. The number of aryl methyl sites for hydroxylation is 1. The van der Waals surface area contributed by atoms with Crippen LogP contribution in [0.25, 0.3) is 10.9 Å². The molecule has 7 heteroatoms. The van der Waals surface area contributed by atoms with Crippen molar-refractivity contribution in [1.82, 2.24) is 9.66 Å². The van der Waals surface area contributed by atoms with E-state index in [9.17, 15) is 4.79 Å². The predicted octanol–water partition coefficient (Wildman–Crippen LogP) is 4.79. The molecule has 152 valence electrons. The number of rotatable bonds is 8. The molecule has 0 saturated carbocycles. The van der Waals surface area contributed by atoms with E-state index >= 15 is 0 Å². The van der Waals surface area contributed by atoms with Crippen LogP contribution >= 0.6 is 15.9 Å². The number of fused-ring (bicyclic) bond motifs is 1. The Balaban J connectivity index is 2.14. The third-order valence-electron chi connectivity index (χ3n) is 4.46. The Morgan fingerprint density at radius 3 is 2.79 bits per heavy atom. The van der Waals surface area contributed by atoms with Crippen molar-refractivity contribution in [1.29, 1.82) is 0 Å². The zero-order valence-corrected chi connectivity index (χ0v) is 18.4. The molecule has 0 aliphatic rings. The Morgan fingerprint density at radius 2 is 2.07 bits per heavy atom. The number of methoxy groups -OCH3 is 1. The van der Waals surface area contributed by atoms with E-state index in [0.717, 1.165) is 22.9 Å². The summed E-state index contributed by atoms with van der Waals surface area (Å²) in [5, 5.41) is 5.01. The number of halogens is 1. The molecule has 0 saturated heterocycles. The molecule has 0 amide bonds. The molecule has 29 heavy (non-hydrogen) atoms. The van der Waals surface area contributed by atoms with Gasteiger partial charge in [0.1, 0.15) is 5.82 Å². The summed E-state index contributed by atoms with van der Waals surface area (Å²) < 4.78 is 13.3. The first-order chi connectivity index (χ1) is 14.1. The van der Waals surface area contributed by atoms with Gasteiger partial charge in [0.15, 0.2) is 11.5 Å². The van der Waals surface area contributed by atoms with Crippen LogP contribution in [0, 0.1) is 0 Å². The molecule has 3 rings (SSSR count). The Labute approximate surface area is 178 Å². The number of nitrogens with zero attached hydrogens (tertiary/aromatic N) is 3. The van der Waals surface area contributed by atoms with Crippen molar-refractivity contribution in [2.45, 2.75) is 33.1 Å². The van der Waals surface area contributed by atoms with Crippen molar-refractivity contribution < 1.29 is 9.47 Å². The third-order valence-corrected chi connectivity index (χ3v) is 4.95. The van der Waals surface area contributed by atoms with E-state index in [4.69, 9.17) is 14.5 Å². The fourth-order valence-corrected chi connectivity index (χ4v) is 3.39. The van der Waals surface area contributed by atoms with E-state index in [1.807, 2.05) is 37.3 Å². The first-order valence-corrected chi connectivity index (χ1v) is 10.4. The van der Waals surface area contributed by atoms with Crippen molar-refractivity contribution in [2.75, 3.05) is 13.7 Å². The number of hydrogen-bond donors (Lipinski definition) is 0. The van der Waals surface area contributed by atoms with Crippen LogP contribution in [0.4, 0.5) is 0 Å². The molecule has 1 heterocycles. The van der Waals surface area contributed by atoms with Crippen molar-refractivity contribution >= 4 is 33.0 Å². The minimum Gasteiger partial charge on any atom is -0.493 e. The van der Waals surface area contributed by atoms with E-state index in [-0.39, 0.29) is 5.56 Å². The Hall–Kier alpha value is -2.67. The van der Waals surface area contributed by atoms with Gasteiger partial charge in [-0.3, -0.25) is 4.79 Å². The minimum absolute atomic E-state index is 0.195. The van der Waals surface area contributed by atoms with E-state index < -0.39 is 0 Å². The van der Waals surface area contributed by atoms with Gasteiger partial charge in [0.2, 0.25) is 0 Å². The van der Waals surface area contributed by atoms with Gasteiger partial charge in [-0.1, -0.05) is 35.3 Å². The largest absolute Gasteiger partial charge is 0.493 e.